The SMILES string of the molecule is CC(=O)C1=C(C)OC(C)=C[C@]12Nc1cccc(C)c1O2. The molecule has 4 heteroatoms. The van der Waals surface area contributed by atoms with Crippen molar-refractivity contribution in [3.05, 3.63) is 46.9 Å². The summed E-state index contributed by atoms with van der Waals surface area (Å²) in [6.07, 6.45) is 1.82. The molecule has 0 saturated carbocycles. The molecule has 1 N–H and O–H groups in total. The lowest BCUT2D eigenvalue weighted by molar-refractivity contribution is -0.115. The Balaban J connectivity index is 2.16. The van der Waals surface area contributed by atoms with Crippen LogP contribution in [0.15, 0.2) is 41.4 Å². The van der Waals surface area contributed by atoms with Crippen LogP contribution in [0.25, 0.3) is 0 Å². The van der Waals surface area contributed by atoms with E-state index >= 15 is 0 Å². The van der Waals surface area contributed by atoms with Crippen LogP contribution < -0.4 is 10.1 Å². The number of nitrogens with one attached hydrogen (secondary N) is 1. The van der Waals surface area contributed by atoms with Gasteiger partial charge in [0, 0.05) is 6.08 Å². The normalized spacial score (nSPS) is 23.7. The third-order valence-corrected chi connectivity index (χ3v) is 3.59. The Hall–Kier alpha value is -2.23. The van der Waals surface area contributed by atoms with E-state index in [1.165, 1.54) is 6.92 Å². The lowest BCUT2D eigenvalue weighted by atomic mass is 9.95. The summed E-state index contributed by atoms with van der Waals surface area (Å²) in [5, 5.41) is 3.33. The molecule has 0 bridgehead atoms. The minimum absolute atomic E-state index is 0.0655. The Morgan fingerprint density at radius 2 is 2.00 bits per heavy atom. The van der Waals surface area contributed by atoms with Crippen LogP contribution in [0.1, 0.15) is 26.3 Å². The summed E-state index contributed by atoms with van der Waals surface area (Å²) < 4.78 is 11.7. The molecule has 20 heavy (non-hydrogen) atoms. The van der Waals surface area contributed by atoms with Crippen LogP contribution in [0.3, 0.4) is 0 Å². The fourth-order valence-corrected chi connectivity index (χ4v) is 2.90. The Morgan fingerprint density at radius 1 is 1.25 bits per heavy atom. The number of benzene rings is 1. The van der Waals surface area contributed by atoms with Gasteiger partial charge in [0.05, 0.1) is 5.69 Å². The molecule has 3 rings (SSSR count). The van der Waals surface area contributed by atoms with Crippen molar-refractivity contribution in [2.24, 2.45) is 0 Å². The minimum Gasteiger partial charge on any atom is -0.466 e. The topological polar surface area (TPSA) is 47.6 Å². The first-order valence-electron chi connectivity index (χ1n) is 6.59. The van der Waals surface area contributed by atoms with Gasteiger partial charge in [-0.15, -0.1) is 0 Å². The predicted octanol–water partition coefficient (Wildman–Crippen LogP) is 3.29. The summed E-state index contributed by atoms with van der Waals surface area (Å²) in [5.74, 6) is 2.01. The highest BCUT2D eigenvalue weighted by atomic mass is 16.5. The first kappa shape index (κ1) is 12.8. The van der Waals surface area contributed by atoms with Crippen LogP contribution in [0.4, 0.5) is 5.69 Å². The van der Waals surface area contributed by atoms with Gasteiger partial charge in [-0.3, -0.25) is 4.79 Å². The van der Waals surface area contributed by atoms with Crippen molar-refractivity contribution in [1.82, 2.24) is 0 Å². The summed E-state index contributed by atoms with van der Waals surface area (Å²) in [6, 6.07) is 5.89. The van der Waals surface area contributed by atoms with Gasteiger partial charge in [-0.2, -0.15) is 0 Å². The number of anilines is 1. The van der Waals surface area contributed by atoms with Gasteiger partial charge in [0.2, 0.25) is 5.72 Å². The van der Waals surface area contributed by atoms with E-state index in [1.54, 1.807) is 6.92 Å². The number of allylic oxidation sites excluding steroid dienone is 2. The van der Waals surface area contributed by atoms with Crippen LogP contribution in [-0.4, -0.2) is 11.5 Å². The number of hydrogen-bond donors (Lipinski definition) is 1. The first-order valence-corrected chi connectivity index (χ1v) is 6.59. The van der Waals surface area contributed by atoms with Crippen molar-refractivity contribution in [1.29, 1.82) is 0 Å². The molecule has 104 valence electrons. The first-order chi connectivity index (χ1) is 9.43. The molecule has 2 heterocycles. The molecule has 2 aliphatic heterocycles. The van der Waals surface area contributed by atoms with E-state index in [-0.39, 0.29) is 5.78 Å². The van der Waals surface area contributed by atoms with Crippen LogP contribution in [0.5, 0.6) is 5.75 Å². The molecule has 1 aromatic carbocycles. The highest BCUT2D eigenvalue weighted by Gasteiger charge is 2.47. The van der Waals surface area contributed by atoms with Crippen molar-refractivity contribution in [2.45, 2.75) is 33.4 Å². The van der Waals surface area contributed by atoms with E-state index in [2.05, 4.69) is 5.32 Å². The highest BCUT2D eigenvalue weighted by Crippen LogP contribution is 2.45. The number of ether oxygens (including phenoxy) is 2. The van der Waals surface area contributed by atoms with Gasteiger partial charge < -0.3 is 14.8 Å². The quantitative estimate of drug-likeness (QED) is 0.851. The van der Waals surface area contributed by atoms with Crippen LogP contribution in [-0.2, 0) is 9.53 Å². The fourth-order valence-electron chi connectivity index (χ4n) is 2.90. The zero-order chi connectivity index (χ0) is 14.5. The zero-order valence-electron chi connectivity index (χ0n) is 12.0. The van der Waals surface area contributed by atoms with Gasteiger partial charge in [-0.25, -0.2) is 0 Å². The molecule has 2 aliphatic rings. The molecule has 0 saturated heterocycles. The molecule has 0 amide bonds. The molecule has 1 atom stereocenters. The molecule has 1 spiro atoms. The standard InChI is InChI=1S/C16H17NO3/c1-9-6-5-7-13-15(9)20-16(17-13)8-10(2)19-12(4)14(16)11(3)18/h5-8,17H,1-4H3/t16-/m1/s1. The maximum absolute atomic E-state index is 12.0. The average Bonchev–Trinajstić information content (AvgIpc) is 2.66. The van der Waals surface area contributed by atoms with Gasteiger partial charge >= 0.3 is 0 Å². The maximum atomic E-state index is 12.0. The van der Waals surface area contributed by atoms with Crippen molar-refractivity contribution in [3.63, 3.8) is 0 Å². The Bertz CT molecular complexity index is 672. The van der Waals surface area contributed by atoms with Crippen LogP contribution in [0, 0.1) is 6.92 Å². The molecule has 0 aromatic heterocycles. The monoisotopic (exact) mass is 271 g/mol. The number of carbonyl (C=O) groups excluding carboxylic acids is 1. The largest absolute Gasteiger partial charge is 0.466 e. The van der Waals surface area contributed by atoms with E-state index in [0.717, 1.165) is 17.0 Å². The van der Waals surface area contributed by atoms with Gasteiger partial charge in [-0.1, -0.05) is 12.1 Å². The molecule has 0 aliphatic carbocycles. The van der Waals surface area contributed by atoms with Gasteiger partial charge in [-0.05, 0) is 39.3 Å². The second kappa shape index (κ2) is 4.13. The summed E-state index contributed by atoms with van der Waals surface area (Å²) in [6.45, 7) is 7.15. The smallest absolute Gasteiger partial charge is 0.237 e. The van der Waals surface area contributed by atoms with Crippen molar-refractivity contribution in [2.75, 3.05) is 5.32 Å². The molecular weight excluding hydrogens is 254 g/mol. The zero-order valence-corrected chi connectivity index (χ0v) is 12.0. The number of Topliss-reactive ketones (excluding diaryl/α,β-unsaturated/α-hetero) is 1. The molecule has 0 unspecified atom stereocenters. The maximum Gasteiger partial charge on any atom is 0.237 e. The van der Waals surface area contributed by atoms with E-state index in [0.29, 0.717) is 17.1 Å². The van der Waals surface area contributed by atoms with E-state index in [1.807, 2.05) is 38.1 Å². The number of para-hydroxylation sites is 1. The second-order valence-corrected chi connectivity index (χ2v) is 5.26. The number of hydrogen-bond acceptors (Lipinski definition) is 4. The molecule has 4 nitrogen and oxygen atoms in total. The number of aryl methyl sites for hydroxylation is 1. The van der Waals surface area contributed by atoms with Gasteiger partial charge in [0.15, 0.2) is 5.78 Å². The Labute approximate surface area is 118 Å². The van der Waals surface area contributed by atoms with E-state index < -0.39 is 5.72 Å². The number of carbonyl (C=O) groups is 1. The summed E-state index contributed by atoms with van der Waals surface area (Å²) in [4.78, 5) is 12.0. The van der Waals surface area contributed by atoms with Crippen LogP contribution in [0.2, 0.25) is 0 Å². The number of ketones is 1. The molecular formula is C16H17NO3. The van der Waals surface area contributed by atoms with E-state index in [9.17, 15) is 4.79 Å². The number of fused-ring (bicyclic) bond motifs is 1. The third kappa shape index (κ3) is 1.72. The minimum atomic E-state index is -0.952. The van der Waals surface area contributed by atoms with Crippen molar-refractivity contribution in [3.8, 4) is 5.75 Å². The molecule has 0 radical (unpaired) electrons. The summed E-state index contributed by atoms with van der Waals surface area (Å²) in [7, 11) is 0. The molecule has 1 aromatic rings. The Morgan fingerprint density at radius 3 is 2.65 bits per heavy atom. The lowest BCUT2D eigenvalue weighted by Crippen LogP contribution is -2.45. The second-order valence-electron chi connectivity index (χ2n) is 5.26. The predicted molar refractivity (Wildman–Crippen MR) is 76.4 cm³/mol. The van der Waals surface area contributed by atoms with Crippen molar-refractivity contribution >= 4 is 11.5 Å². The lowest BCUT2D eigenvalue weighted by Gasteiger charge is -2.32. The fraction of sp³-hybridized carbons (Fsp3) is 0.312. The number of rotatable bonds is 1. The van der Waals surface area contributed by atoms with Crippen LogP contribution >= 0.6 is 0 Å². The summed E-state index contributed by atoms with van der Waals surface area (Å²) in [5.41, 5.74) is 1.48. The average molecular weight is 271 g/mol. The third-order valence-electron chi connectivity index (χ3n) is 3.59. The molecule has 0 fully saturated rings. The highest BCUT2D eigenvalue weighted by molar-refractivity contribution is 5.98. The van der Waals surface area contributed by atoms with E-state index in [4.69, 9.17) is 9.47 Å². The Kier molecular flexibility index (Phi) is 2.64. The van der Waals surface area contributed by atoms with Gasteiger partial charge in [0.25, 0.3) is 0 Å². The van der Waals surface area contributed by atoms with Crippen molar-refractivity contribution < 1.29 is 14.3 Å². The van der Waals surface area contributed by atoms with Gasteiger partial charge in [0.1, 0.15) is 22.8 Å². The summed E-state index contributed by atoms with van der Waals surface area (Å²) >= 11 is 0.